The molecule has 1 N–H and O–H groups in total. The van der Waals surface area contributed by atoms with Gasteiger partial charge in [0.25, 0.3) is 0 Å². The Labute approximate surface area is 158 Å². The van der Waals surface area contributed by atoms with Crippen LogP contribution in [0.15, 0.2) is 23.1 Å². The van der Waals surface area contributed by atoms with E-state index in [1.807, 2.05) is 6.07 Å². The number of sulfone groups is 1. The number of halogens is 1. The second-order valence-electron chi connectivity index (χ2n) is 7.72. The number of carbonyl (C=O) groups is 2. The molecule has 8 heteroatoms. The summed E-state index contributed by atoms with van der Waals surface area (Å²) < 4.78 is 39.9. The van der Waals surface area contributed by atoms with E-state index in [1.54, 1.807) is 26.0 Å². The van der Waals surface area contributed by atoms with Crippen molar-refractivity contribution >= 4 is 21.7 Å². The minimum Gasteiger partial charge on any atom is -0.479 e. The van der Waals surface area contributed by atoms with Gasteiger partial charge in [0.15, 0.2) is 14.6 Å². The zero-order valence-corrected chi connectivity index (χ0v) is 16.3. The summed E-state index contributed by atoms with van der Waals surface area (Å²) in [5, 5.41) is 9.08. The van der Waals surface area contributed by atoms with Gasteiger partial charge in [-0.05, 0) is 43.9 Å². The molecule has 27 heavy (non-hydrogen) atoms. The van der Waals surface area contributed by atoms with E-state index in [4.69, 9.17) is 5.11 Å². The predicted octanol–water partition coefficient (Wildman–Crippen LogP) is 2.42. The van der Waals surface area contributed by atoms with E-state index >= 15 is 0 Å². The quantitative estimate of drug-likeness (QED) is 0.842. The average molecular weight is 397 g/mol. The number of carboxylic acid groups (broad SMARTS) is 1. The van der Waals surface area contributed by atoms with Crippen LogP contribution >= 0.6 is 0 Å². The van der Waals surface area contributed by atoms with Crippen LogP contribution in [0.1, 0.15) is 43.2 Å². The van der Waals surface area contributed by atoms with Crippen LogP contribution in [0.2, 0.25) is 0 Å². The van der Waals surface area contributed by atoms with Gasteiger partial charge < -0.3 is 10.0 Å². The highest BCUT2D eigenvalue weighted by Gasteiger charge is 2.57. The molecule has 3 rings (SSSR count). The molecule has 1 unspecified atom stereocenters. The molecular weight excluding hydrogens is 373 g/mol. The van der Waals surface area contributed by atoms with Crippen LogP contribution in [0.4, 0.5) is 4.39 Å². The molecule has 0 bridgehead atoms. The van der Waals surface area contributed by atoms with Crippen LogP contribution in [-0.4, -0.2) is 53.8 Å². The summed E-state index contributed by atoms with van der Waals surface area (Å²) in [5.41, 5.74) is -1.18. The summed E-state index contributed by atoms with van der Waals surface area (Å²) in [6.07, 6.45) is 1.19. The molecule has 1 aliphatic heterocycles. The molecule has 1 heterocycles. The molecule has 1 aromatic carbocycles. The molecule has 1 saturated carbocycles. The second kappa shape index (κ2) is 6.58. The molecule has 1 aliphatic carbocycles. The predicted molar refractivity (Wildman–Crippen MR) is 97.0 cm³/mol. The Morgan fingerprint density at radius 1 is 1.15 bits per heavy atom. The van der Waals surface area contributed by atoms with E-state index in [0.29, 0.717) is 18.4 Å². The Kier molecular flexibility index (Phi) is 4.82. The highest BCUT2D eigenvalue weighted by atomic mass is 32.2. The number of amides is 1. The summed E-state index contributed by atoms with van der Waals surface area (Å²) in [5.74, 6) is -2.28. The maximum Gasteiger partial charge on any atom is 0.343 e. The van der Waals surface area contributed by atoms with Gasteiger partial charge in [-0.25, -0.2) is 17.6 Å². The Hall–Kier alpha value is -1.96. The Morgan fingerprint density at radius 3 is 2.33 bits per heavy atom. The fraction of sp³-hybridized carbons (Fsp3) is 0.579. The molecule has 2 aliphatic rings. The first-order chi connectivity index (χ1) is 12.5. The lowest BCUT2D eigenvalue weighted by Gasteiger charge is -2.32. The van der Waals surface area contributed by atoms with Crippen LogP contribution in [-0.2, 0) is 19.4 Å². The summed E-state index contributed by atoms with van der Waals surface area (Å²) in [6.45, 7) is 2.77. The summed E-state index contributed by atoms with van der Waals surface area (Å²) in [6, 6.07) is 5.09. The van der Waals surface area contributed by atoms with Crippen molar-refractivity contribution in [2.24, 2.45) is 0 Å². The summed E-state index contributed by atoms with van der Waals surface area (Å²) >= 11 is 0. The number of carbonyl (C=O) groups excluding carboxylic acids is 1. The molecule has 1 amide bonds. The van der Waals surface area contributed by atoms with Gasteiger partial charge in [0.1, 0.15) is 0 Å². The molecule has 1 saturated heterocycles. The highest BCUT2D eigenvalue weighted by molar-refractivity contribution is 7.93. The number of alkyl halides is 1. The number of hydrogen-bond donors (Lipinski definition) is 1. The van der Waals surface area contributed by atoms with Crippen molar-refractivity contribution in [1.29, 1.82) is 0 Å². The number of rotatable bonds is 4. The Balaban J connectivity index is 2.03. The van der Waals surface area contributed by atoms with E-state index in [0.717, 1.165) is 10.5 Å². The van der Waals surface area contributed by atoms with Crippen molar-refractivity contribution in [3.63, 3.8) is 0 Å². The molecule has 0 aromatic heterocycles. The fourth-order valence-corrected chi connectivity index (χ4v) is 6.60. The molecule has 6 nitrogen and oxygen atoms in total. The van der Waals surface area contributed by atoms with Crippen molar-refractivity contribution in [1.82, 2.24) is 4.90 Å². The standard InChI is InChI=1S/C19H24FNO5S/c1-13-5-6-14(2)15(11-13)27(25,26)19(7-3-4-8-19)16(22)21-10-9-18(20,12-21)17(23)24/h5-6,11H,3-4,7-10,12H2,1-2H3,(H,23,24). The van der Waals surface area contributed by atoms with E-state index in [1.165, 1.54) is 0 Å². The summed E-state index contributed by atoms with van der Waals surface area (Å²) in [7, 11) is -4.01. The lowest BCUT2D eigenvalue weighted by molar-refractivity contribution is -0.150. The molecule has 0 radical (unpaired) electrons. The second-order valence-corrected chi connectivity index (χ2v) is 9.95. The monoisotopic (exact) mass is 397 g/mol. The van der Waals surface area contributed by atoms with Gasteiger partial charge in [-0.15, -0.1) is 0 Å². The van der Waals surface area contributed by atoms with Gasteiger partial charge in [0, 0.05) is 13.0 Å². The molecular formula is C19H24FNO5S. The molecule has 1 aromatic rings. The van der Waals surface area contributed by atoms with Crippen LogP contribution in [0.3, 0.4) is 0 Å². The topological polar surface area (TPSA) is 91.8 Å². The maximum absolute atomic E-state index is 14.5. The number of hydrogen-bond acceptors (Lipinski definition) is 4. The van der Waals surface area contributed by atoms with E-state index in [2.05, 4.69) is 0 Å². The van der Waals surface area contributed by atoms with Gasteiger partial charge in [-0.1, -0.05) is 25.0 Å². The average Bonchev–Trinajstić information content (AvgIpc) is 3.25. The molecule has 1 atom stereocenters. The smallest absolute Gasteiger partial charge is 0.343 e. The first-order valence-electron chi connectivity index (χ1n) is 9.07. The third-order valence-corrected chi connectivity index (χ3v) is 8.47. The largest absolute Gasteiger partial charge is 0.479 e. The van der Waals surface area contributed by atoms with Gasteiger partial charge in [0.2, 0.25) is 11.6 Å². The molecule has 148 valence electrons. The van der Waals surface area contributed by atoms with Gasteiger partial charge >= 0.3 is 5.97 Å². The lowest BCUT2D eigenvalue weighted by atomic mass is 10.0. The number of benzene rings is 1. The number of likely N-dealkylation sites (tertiary alicyclic amines) is 1. The first kappa shape index (κ1) is 19.8. The van der Waals surface area contributed by atoms with Crippen molar-refractivity contribution in [2.45, 2.75) is 61.3 Å². The zero-order valence-electron chi connectivity index (χ0n) is 15.5. The van der Waals surface area contributed by atoms with Gasteiger partial charge in [-0.3, -0.25) is 4.79 Å². The fourth-order valence-electron chi connectivity index (χ4n) is 4.16. The maximum atomic E-state index is 14.5. The number of nitrogens with zero attached hydrogens (tertiary/aromatic N) is 1. The molecule has 0 spiro atoms. The first-order valence-corrected chi connectivity index (χ1v) is 10.6. The van der Waals surface area contributed by atoms with Crippen LogP contribution in [0.5, 0.6) is 0 Å². The third kappa shape index (κ3) is 3.03. The zero-order chi connectivity index (χ0) is 20.0. The van der Waals surface area contributed by atoms with Crippen LogP contribution in [0.25, 0.3) is 0 Å². The molecule has 2 fully saturated rings. The Morgan fingerprint density at radius 2 is 1.78 bits per heavy atom. The Bertz CT molecular complexity index is 891. The van der Waals surface area contributed by atoms with Gasteiger partial charge in [-0.2, -0.15) is 0 Å². The third-order valence-electron chi connectivity index (χ3n) is 5.84. The van der Waals surface area contributed by atoms with E-state index in [9.17, 15) is 22.4 Å². The normalized spacial score (nSPS) is 24.9. The minimum atomic E-state index is -4.01. The van der Waals surface area contributed by atoms with Crippen molar-refractivity contribution in [3.8, 4) is 0 Å². The number of carboxylic acids is 1. The summed E-state index contributed by atoms with van der Waals surface area (Å²) in [4.78, 5) is 25.7. The SMILES string of the molecule is Cc1ccc(C)c(S(=O)(=O)C2(C(=O)N3CCC(F)(C(=O)O)C3)CCCC2)c1. The number of aryl methyl sites for hydroxylation is 2. The lowest BCUT2D eigenvalue weighted by Crippen LogP contribution is -2.53. The van der Waals surface area contributed by atoms with Crippen LogP contribution < -0.4 is 0 Å². The van der Waals surface area contributed by atoms with Crippen molar-refractivity contribution in [2.75, 3.05) is 13.1 Å². The van der Waals surface area contributed by atoms with Crippen molar-refractivity contribution < 1.29 is 27.5 Å². The van der Waals surface area contributed by atoms with E-state index < -0.39 is 38.7 Å². The van der Waals surface area contributed by atoms with Gasteiger partial charge in [0.05, 0.1) is 11.4 Å². The van der Waals surface area contributed by atoms with Crippen molar-refractivity contribution in [3.05, 3.63) is 29.3 Å². The highest BCUT2D eigenvalue weighted by Crippen LogP contribution is 2.44. The van der Waals surface area contributed by atoms with Crippen LogP contribution in [0, 0.1) is 13.8 Å². The minimum absolute atomic E-state index is 0.0916. The number of aliphatic carboxylic acids is 1. The van der Waals surface area contributed by atoms with E-state index in [-0.39, 0.29) is 30.7 Å².